The summed E-state index contributed by atoms with van der Waals surface area (Å²) in [6, 6.07) is 0. The van der Waals surface area contributed by atoms with Gasteiger partial charge in [-0.15, -0.1) is 0 Å². The van der Waals surface area contributed by atoms with E-state index in [2.05, 4.69) is 35.1 Å². The Kier molecular flexibility index (Phi) is 1.64. The van der Waals surface area contributed by atoms with E-state index < -0.39 is 8.07 Å². The highest BCUT2D eigenvalue weighted by Crippen LogP contribution is 2.00. The summed E-state index contributed by atoms with van der Waals surface area (Å²) < 4.78 is 0. The van der Waals surface area contributed by atoms with Gasteiger partial charge in [-0.25, -0.2) is 0 Å². The Balaban J connectivity index is 3.05. The topological polar surface area (TPSA) is 41.6 Å². The molecule has 0 atom stereocenters. The Hall–Kier alpha value is -0.643. The van der Waals surface area contributed by atoms with Gasteiger partial charge in [0.1, 0.15) is 8.07 Å². The van der Waals surface area contributed by atoms with Crippen molar-refractivity contribution < 1.29 is 0 Å². The second kappa shape index (κ2) is 2.19. The minimum absolute atomic E-state index is 1.05. The molecule has 0 aliphatic heterocycles. The van der Waals surface area contributed by atoms with Crippen LogP contribution in [0.5, 0.6) is 0 Å². The van der Waals surface area contributed by atoms with Crippen LogP contribution in [0.25, 0.3) is 0 Å². The molecule has 0 saturated heterocycles. The zero-order chi connectivity index (χ0) is 7.78. The predicted molar refractivity (Wildman–Crippen MR) is 44.1 cm³/mol. The van der Waals surface area contributed by atoms with Crippen molar-refractivity contribution in [1.82, 2.24) is 15.4 Å². The molecule has 0 radical (unpaired) electrons. The number of hydrogen-bond acceptors (Lipinski definition) is 2. The van der Waals surface area contributed by atoms with Crippen molar-refractivity contribution in [3.05, 3.63) is 5.69 Å². The third kappa shape index (κ3) is 1.26. The molecule has 0 spiro atoms. The first-order chi connectivity index (χ1) is 4.52. The molecule has 1 aromatic rings. The standard InChI is InChI=1S/C6H13N3Si/c1-5-6(8-9-7-5)10(2,3)4/h1-4H3,(H,7,8,9). The second-order valence-corrected chi connectivity index (χ2v) is 8.48. The largest absolute Gasteiger partial charge is 0.198 e. The third-order valence-corrected chi connectivity index (χ3v) is 3.33. The molecular weight excluding hydrogens is 142 g/mol. The predicted octanol–water partition coefficient (Wildman–Crippen LogP) is 0.658. The van der Waals surface area contributed by atoms with Crippen LogP contribution in [0.15, 0.2) is 0 Å². The fraction of sp³-hybridized carbons (Fsp3) is 0.667. The third-order valence-electron chi connectivity index (χ3n) is 1.43. The summed E-state index contributed by atoms with van der Waals surface area (Å²) in [5.74, 6) is 0. The van der Waals surface area contributed by atoms with E-state index in [1.165, 1.54) is 5.32 Å². The highest BCUT2D eigenvalue weighted by Gasteiger charge is 2.21. The van der Waals surface area contributed by atoms with E-state index in [1.54, 1.807) is 0 Å². The lowest BCUT2D eigenvalue weighted by Crippen LogP contribution is -2.40. The van der Waals surface area contributed by atoms with Gasteiger partial charge in [0, 0.05) is 0 Å². The molecule has 0 amide bonds. The zero-order valence-corrected chi connectivity index (χ0v) is 7.89. The van der Waals surface area contributed by atoms with E-state index in [4.69, 9.17) is 0 Å². The Labute approximate surface area is 61.9 Å². The Morgan fingerprint density at radius 2 is 1.80 bits per heavy atom. The first-order valence-electron chi connectivity index (χ1n) is 3.39. The Morgan fingerprint density at radius 3 is 2.00 bits per heavy atom. The van der Waals surface area contributed by atoms with Gasteiger partial charge in [-0.2, -0.15) is 15.4 Å². The molecule has 1 aromatic heterocycles. The van der Waals surface area contributed by atoms with Crippen molar-refractivity contribution in [2.24, 2.45) is 0 Å². The quantitative estimate of drug-likeness (QED) is 0.605. The van der Waals surface area contributed by atoms with Crippen LogP contribution in [0.4, 0.5) is 0 Å². The number of hydrogen-bond donors (Lipinski definition) is 1. The van der Waals surface area contributed by atoms with Crippen LogP contribution in [0.3, 0.4) is 0 Å². The van der Waals surface area contributed by atoms with Gasteiger partial charge < -0.3 is 0 Å². The molecular formula is C6H13N3Si. The lowest BCUT2D eigenvalue weighted by atomic mass is 10.6. The molecule has 1 heterocycles. The van der Waals surface area contributed by atoms with Crippen molar-refractivity contribution in [2.75, 3.05) is 0 Å². The van der Waals surface area contributed by atoms with Crippen LogP contribution in [-0.2, 0) is 0 Å². The maximum Gasteiger partial charge on any atom is 0.106 e. The molecule has 0 bridgehead atoms. The van der Waals surface area contributed by atoms with E-state index in [1.807, 2.05) is 6.92 Å². The van der Waals surface area contributed by atoms with Gasteiger partial charge in [-0.05, 0) is 6.92 Å². The number of nitrogens with zero attached hydrogens (tertiary/aromatic N) is 2. The number of H-pyrrole nitrogens is 1. The Bertz CT molecular complexity index is 223. The average molecular weight is 155 g/mol. The second-order valence-electron chi connectivity index (χ2n) is 3.51. The summed E-state index contributed by atoms with van der Waals surface area (Å²) in [5, 5.41) is 11.9. The first-order valence-corrected chi connectivity index (χ1v) is 6.89. The fourth-order valence-electron chi connectivity index (χ4n) is 0.994. The van der Waals surface area contributed by atoms with Gasteiger partial charge in [0.05, 0.1) is 11.0 Å². The summed E-state index contributed by atoms with van der Waals surface area (Å²) in [5.41, 5.74) is 1.05. The molecule has 0 unspecified atom stereocenters. The van der Waals surface area contributed by atoms with Crippen LogP contribution < -0.4 is 5.32 Å². The molecule has 4 heteroatoms. The van der Waals surface area contributed by atoms with E-state index >= 15 is 0 Å². The van der Waals surface area contributed by atoms with Gasteiger partial charge in [0.15, 0.2) is 0 Å². The highest BCUT2D eigenvalue weighted by atomic mass is 28.3. The zero-order valence-electron chi connectivity index (χ0n) is 6.89. The van der Waals surface area contributed by atoms with E-state index in [-0.39, 0.29) is 0 Å². The van der Waals surface area contributed by atoms with Crippen LogP contribution in [0, 0.1) is 6.92 Å². The first kappa shape index (κ1) is 7.46. The molecule has 0 aliphatic rings. The Morgan fingerprint density at radius 1 is 1.20 bits per heavy atom. The van der Waals surface area contributed by atoms with E-state index in [0.717, 1.165) is 5.69 Å². The molecule has 0 aromatic carbocycles. The van der Waals surface area contributed by atoms with Crippen molar-refractivity contribution in [3.8, 4) is 0 Å². The van der Waals surface area contributed by atoms with Crippen molar-refractivity contribution in [3.63, 3.8) is 0 Å². The normalized spacial score (nSPS) is 12.0. The lowest BCUT2D eigenvalue weighted by Gasteiger charge is -2.11. The number of aryl methyl sites for hydroxylation is 1. The van der Waals surface area contributed by atoms with E-state index in [9.17, 15) is 0 Å². The summed E-state index contributed by atoms with van der Waals surface area (Å²) in [7, 11) is -1.23. The molecule has 1 N–H and O–H groups in total. The maximum atomic E-state index is 4.11. The fourth-order valence-corrected chi connectivity index (χ4v) is 2.52. The monoisotopic (exact) mass is 155 g/mol. The molecule has 56 valence electrons. The SMILES string of the molecule is Cc1n[nH]nc1[Si](C)(C)C. The molecule has 0 fully saturated rings. The molecule has 10 heavy (non-hydrogen) atoms. The summed E-state index contributed by atoms with van der Waals surface area (Å²) >= 11 is 0. The highest BCUT2D eigenvalue weighted by molar-refractivity contribution is 6.88. The van der Waals surface area contributed by atoms with Gasteiger partial charge >= 0.3 is 0 Å². The molecule has 0 saturated carbocycles. The van der Waals surface area contributed by atoms with Crippen molar-refractivity contribution >= 4 is 13.4 Å². The van der Waals surface area contributed by atoms with Crippen LogP contribution in [-0.4, -0.2) is 23.5 Å². The van der Waals surface area contributed by atoms with Gasteiger partial charge in [0.25, 0.3) is 0 Å². The van der Waals surface area contributed by atoms with Gasteiger partial charge in [-0.1, -0.05) is 19.6 Å². The van der Waals surface area contributed by atoms with Crippen LogP contribution in [0.2, 0.25) is 19.6 Å². The van der Waals surface area contributed by atoms with Crippen molar-refractivity contribution in [2.45, 2.75) is 26.6 Å². The summed E-state index contributed by atoms with van der Waals surface area (Å²) in [4.78, 5) is 0. The van der Waals surface area contributed by atoms with Crippen LogP contribution >= 0.6 is 0 Å². The number of aromatic amines is 1. The smallest absolute Gasteiger partial charge is 0.106 e. The average Bonchev–Trinajstić information content (AvgIpc) is 2.11. The summed E-state index contributed by atoms with van der Waals surface area (Å²) in [6.45, 7) is 8.78. The summed E-state index contributed by atoms with van der Waals surface area (Å²) in [6.07, 6.45) is 0. The minimum Gasteiger partial charge on any atom is -0.198 e. The maximum absolute atomic E-state index is 4.11. The number of rotatable bonds is 1. The van der Waals surface area contributed by atoms with Gasteiger partial charge in [-0.3, -0.25) is 0 Å². The molecule has 1 rings (SSSR count). The molecule has 0 aliphatic carbocycles. The van der Waals surface area contributed by atoms with Crippen molar-refractivity contribution in [1.29, 1.82) is 0 Å². The molecule has 3 nitrogen and oxygen atoms in total. The number of nitrogens with one attached hydrogen (secondary N) is 1. The lowest BCUT2D eigenvalue weighted by molar-refractivity contribution is 0.931. The minimum atomic E-state index is -1.23. The van der Waals surface area contributed by atoms with Gasteiger partial charge in [0.2, 0.25) is 0 Å². The number of aromatic nitrogens is 3. The van der Waals surface area contributed by atoms with Crippen LogP contribution in [0.1, 0.15) is 5.69 Å². The van der Waals surface area contributed by atoms with E-state index in [0.29, 0.717) is 0 Å².